The Hall–Kier alpha value is -3.35. The largest absolute Gasteiger partial charge is 0.495 e. The molecule has 2 aromatic rings. The van der Waals surface area contributed by atoms with Crippen LogP contribution in [0.15, 0.2) is 48.5 Å². The number of rotatable bonds is 6. The van der Waals surface area contributed by atoms with E-state index in [0.717, 1.165) is 0 Å². The maximum Gasteiger partial charge on any atom is 0.229 e. The third-order valence-corrected chi connectivity index (χ3v) is 4.61. The van der Waals surface area contributed by atoms with Crippen molar-refractivity contribution in [2.45, 2.75) is 19.8 Å². The minimum atomic E-state index is -0.466. The molecule has 0 aliphatic carbocycles. The smallest absolute Gasteiger partial charge is 0.229 e. The highest BCUT2D eigenvalue weighted by molar-refractivity contribution is 6.04. The van der Waals surface area contributed by atoms with E-state index in [-0.39, 0.29) is 30.7 Å². The molecule has 1 aliphatic heterocycles. The van der Waals surface area contributed by atoms with Crippen LogP contribution in [0.1, 0.15) is 19.8 Å². The van der Waals surface area contributed by atoms with Gasteiger partial charge in [0.1, 0.15) is 5.75 Å². The second kappa shape index (κ2) is 8.56. The maximum atomic E-state index is 12.7. The van der Waals surface area contributed by atoms with E-state index in [1.807, 2.05) is 12.1 Å². The molecular formula is C21H23N3O4. The van der Waals surface area contributed by atoms with E-state index in [0.29, 0.717) is 29.2 Å². The Morgan fingerprint density at radius 3 is 2.54 bits per heavy atom. The first-order valence-electron chi connectivity index (χ1n) is 9.16. The van der Waals surface area contributed by atoms with E-state index in [1.165, 1.54) is 0 Å². The summed E-state index contributed by atoms with van der Waals surface area (Å²) >= 11 is 0. The summed E-state index contributed by atoms with van der Waals surface area (Å²) in [5, 5.41) is 5.59. The van der Waals surface area contributed by atoms with E-state index >= 15 is 0 Å². The molecule has 0 spiro atoms. The average Bonchev–Trinajstić information content (AvgIpc) is 3.09. The van der Waals surface area contributed by atoms with Gasteiger partial charge in [0, 0.05) is 30.8 Å². The third kappa shape index (κ3) is 4.31. The fourth-order valence-electron chi connectivity index (χ4n) is 3.14. The highest BCUT2D eigenvalue weighted by Crippen LogP contribution is 2.33. The van der Waals surface area contributed by atoms with Crippen LogP contribution in [0.5, 0.6) is 5.75 Å². The predicted octanol–water partition coefficient (Wildman–Crippen LogP) is 3.04. The van der Waals surface area contributed by atoms with Crippen LogP contribution < -0.4 is 20.3 Å². The summed E-state index contributed by atoms with van der Waals surface area (Å²) in [7, 11) is 1.55. The molecule has 3 amide bonds. The van der Waals surface area contributed by atoms with Crippen LogP contribution in [0.3, 0.4) is 0 Å². The van der Waals surface area contributed by atoms with Crippen LogP contribution >= 0.6 is 0 Å². The monoisotopic (exact) mass is 381 g/mol. The van der Waals surface area contributed by atoms with Crippen molar-refractivity contribution in [3.63, 3.8) is 0 Å². The fourth-order valence-corrected chi connectivity index (χ4v) is 3.14. The zero-order valence-corrected chi connectivity index (χ0v) is 15.9. The van der Waals surface area contributed by atoms with E-state index in [4.69, 9.17) is 4.74 Å². The summed E-state index contributed by atoms with van der Waals surface area (Å²) in [6.45, 7) is 2.06. The number of hydrogen-bond acceptors (Lipinski definition) is 4. The van der Waals surface area contributed by atoms with Crippen molar-refractivity contribution in [1.82, 2.24) is 0 Å². The van der Waals surface area contributed by atoms with Gasteiger partial charge in [-0.2, -0.15) is 0 Å². The molecule has 1 aliphatic rings. The number of methoxy groups -OCH3 is 1. The quantitative estimate of drug-likeness (QED) is 0.805. The average molecular weight is 381 g/mol. The van der Waals surface area contributed by atoms with E-state index in [9.17, 15) is 14.4 Å². The molecule has 1 atom stereocenters. The van der Waals surface area contributed by atoms with Gasteiger partial charge in [-0.05, 0) is 30.3 Å². The van der Waals surface area contributed by atoms with Gasteiger partial charge in [0.25, 0.3) is 0 Å². The van der Waals surface area contributed by atoms with Crippen LogP contribution in [0.2, 0.25) is 0 Å². The number of nitrogens with zero attached hydrogens (tertiary/aromatic N) is 1. The van der Waals surface area contributed by atoms with Gasteiger partial charge in [0.05, 0.1) is 18.7 Å². The number of benzene rings is 2. The Morgan fingerprint density at radius 1 is 1.11 bits per heavy atom. The number of anilines is 3. The second-order valence-corrected chi connectivity index (χ2v) is 6.55. The number of nitrogens with one attached hydrogen (secondary N) is 2. The number of para-hydroxylation sites is 2. The van der Waals surface area contributed by atoms with Crippen molar-refractivity contribution in [1.29, 1.82) is 0 Å². The Labute approximate surface area is 163 Å². The molecule has 146 valence electrons. The molecule has 2 aromatic carbocycles. The van der Waals surface area contributed by atoms with E-state index in [1.54, 1.807) is 55.3 Å². The summed E-state index contributed by atoms with van der Waals surface area (Å²) < 4.78 is 5.32. The first kappa shape index (κ1) is 19.4. The lowest BCUT2D eigenvalue weighted by atomic mass is 10.1. The molecule has 0 bridgehead atoms. The summed E-state index contributed by atoms with van der Waals surface area (Å²) in [5.74, 6) is -0.321. The zero-order valence-electron chi connectivity index (χ0n) is 15.9. The van der Waals surface area contributed by atoms with Gasteiger partial charge in [-0.15, -0.1) is 0 Å². The molecule has 1 unspecified atom stereocenters. The SMILES string of the molecule is CCC(=O)Nc1cccc(NC(=O)C2CC(=O)N(c3ccccc3OC)C2)c1. The number of ether oxygens (including phenoxy) is 1. The van der Waals surface area contributed by atoms with Crippen molar-refractivity contribution in [2.75, 3.05) is 29.2 Å². The molecule has 3 rings (SSSR count). The summed E-state index contributed by atoms with van der Waals surface area (Å²) in [6, 6.07) is 14.2. The Kier molecular flexibility index (Phi) is 5.93. The number of carbonyl (C=O) groups excluding carboxylic acids is 3. The van der Waals surface area contributed by atoms with Gasteiger partial charge in [-0.3, -0.25) is 14.4 Å². The van der Waals surface area contributed by atoms with Crippen LogP contribution in [0, 0.1) is 5.92 Å². The van der Waals surface area contributed by atoms with Crippen LogP contribution in [0.4, 0.5) is 17.1 Å². The summed E-state index contributed by atoms with van der Waals surface area (Å²) in [4.78, 5) is 38.2. The maximum absolute atomic E-state index is 12.7. The Morgan fingerprint density at radius 2 is 1.82 bits per heavy atom. The lowest BCUT2D eigenvalue weighted by Crippen LogP contribution is -2.28. The van der Waals surface area contributed by atoms with Crippen molar-refractivity contribution in [3.05, 3.63) is 48.5 Å². The first-order valence-corrected chi connectivity index (χ1v) is 9.16. The van der Waals surface area contributed by atoms with Gasteiger partial charge in [-0.25, -0.2) is 0 Å². The summed E-state index contributed by atoms with van der Waals surface area (Å²) in [6.07, 6.45) is 0.510. The number of carbonyl (C=O) groups is 3. The fraction of sp³-hybridized carbons (Fsp3) is 0.286. The predicted molar refractivity (Wildman–Crippen MR) is 107 cm³/mol. The lowest BCUT2D eigenvalue weighted by Gasteiger charge is -2.19. The van der Waals surface area contributed by atoms with Crippen molar-refractivity contribution >= 4 is 34.8 Å². The van der Waals surface area contributed by atoms with Gasteiger partial charge < -0.3 is 20.3 Å². The molecule has 7 heteroatoms. The molecule has 1 saturated heterocycles. The molecule has 1 fully saturated rings. The highest BCUT2D eigenvalue weighted by atomic mass is 16.5. The molecule has 0 aromatic heterocycles. The molecule has 2 N–H and O–H groups in total. The van der Waals surface area contributed by atoms with Gasteiger partial charge in [0.2, 0.25) is 17.7 Å². The van der Waals surface area contributed by atoms with Crippen LogP contribution in [-0.2, 0) is 14.4 Å². The lowest BCUT2D eigenvalue weighted by molar-refractivity contribution is -0.122. The molecule has 7 nitrogen and oxygen atoms in total. The minimum Gasteiger partial charge on any atom is -0.495 e. The van der Waals surface area contributed by atoms with Crippen molar-refractivity contribution < 1.29 is 19.1 Å². The van der Waals surface area contributed by atoms with Crippen LogP contribution in [0.25, 0.3) is 0 Å². The van der Waals surface area contributed by atoms with Crippen molar-refractivity contribution in [2.24, 2.45) is 5.92 Å². The molecule has 1 heterocycles. The minimum absolute atomic E-state index is 0.0997. The zero-order chi connectivity index (χ0) is 20.1. The molecular weight excluding hydrogens is 358 g/mol. The standard InChI is InChI=1S/C21H23N3O4/c1-3-19(25)22-15-7-6-8-16(12-15)23-21(27)14-11-20(26)24(13-14)17-9-4-5-10-18(17)28-2/h4-10,12,14H,3,11,13H2,1-2H3,(H,22,25)(H,23,27). The Bertz CT molecular complexity index is 897. The van der Waals surface area contributed by atoms with Gasteiger partial charge in [-0.1, -0.05) is 25.1 Å². The molecule has 0 saturated carbocycles. The first-order chi connectivity index (χ1) is 13.5. The summed E-state index contributed by atoms with van der Waals surface area (Å²) in [5.41, 5.74) is 1.85. The molecule has 0 radical (unpaired) electrons. The Balaban J connectivity index is 1.68. The number of amides is 3. The number of hydrogen-bond donors (Lipinski definition) is 2. The van der Waals surface area contributed by atoms with Crippen molar-refractivity contribution in [3.8, 4) is 5.75 Å². The normalized spacial score (nSPS) is 16.0. The highest BCUT2D eigenvalue weighted by Gasteiger charge is 2.36. The van der Waals surface area contributed by atoms with E-state index in [2.05, 4.69) is 10.6 Å². The second-order valence-electron chi connectivity index (χ2n) is 6.55. The molecule has 28 heavy (non-hydrogen) atoms. The van der Waals surface area contributed by atoms with Crippen LogP contribution in [-0.4, -0.2) is 31.4 Å². The third-order valence-electron chi connectivity index (χ3n) is 4.61. The van der Waals surface area contributed by atoms with Gasteiger partial charge >= 0.3 is 0 Å². The van der Waals surface area contributed by atoms with Gasteiger partial charge in [0.15, 0.2) is 0 Å². The van der Waals surface area contributed by atoms with E-state index < -0.39 is 5.92 Å². The topological polar surface area (TPSA) is 87.7 Å².